The molecule has 2 aromatic heterocycles. The lowest BCUT2D eigenvalue weighted by atomic mass is 9.75. The molecule has 0 bridgehead atoms. The highest BCUT2D eigenvalue weighted by Crippen LogP contribution is 2.50. The number of benzene rings is 4. The Morgan fingerprint density at radius 1 is 0.522 bits per heavy atom. The van der Waals surface area contributed by atoms with Gasteiger partial charge in [-0.1, -0.05) is 119 Å². The number of aromatic nitrogens is 2. The Morgan fingerprint density at radius 3 is 1.52 bits per heavy atom. The molecular weight excluding hydrogens is 631 g/mol. The average molecular weight is 667 g/mol. The largest absolute Gasteiger partial charge is 0.488 e. The van der Waals surface area contributed by atoms with E-state index < -0.39 is 7.12 Å². The molecule has 0 saturated carbocycles. The molecule has 2 heterocycles. The van der Waals surface area contributed by atoms with Gasteiger partial charge in [0.15, 0.2) is 0 Å². The summed E-state index contributed by atoms with van der Waals surface area (Å²) in [4.78, 5) is 8.37. The van der Waals surface area contributed by atoms with E-state index in [1.807, 2.05) is 60.8 Å². The monoisotopic (exact) mass is 666 g/mol. The standard InChI is InChI=1S/C20H17N.C15H15BO2.C5H4BrN/c1-20(2)17-8-4-3-7-15(17)16-11-10-14(13-18(16)20)19-9-5-6-12-21-19;1-15(2)13-6-4-3-5-11(13)12-8-7-10(16(17)18)9-14(12)15;6-5-3-1-2-4-7-5/h3-13H,1-2H3;3-9,17-18H,1-2H3;1-4H. The van der Waals surface area contributed by atoms with Gasteiger partial charge in [-0.25, -0.2) is 4.98 Å². The second kappa shape index (κ2) is 12.8. The lowest BCUT2D eigenvalue weighted by molar-refractivity contribution is 0.425. The van der Waals surface area contributed by atoms with Crippen LogP contribution >= 0.6 is 15.9 Å². The minimum Gasteiger partial charge on any atom is -0.423 e. The predicted octanol–water partition coefficient (Wildman–Crippen LogP) is 8.57. The molecule has 0 radical (unpaired) electrons. The summed E-state index contributed by atoms with van der Waals surface area (Å²) in [5, 5.41) is 18.6. The zero-order chi connectivity index (χ0) is 32.5. The highest BCUT2D eigenvalue weighted by Gasteiger charge is 2.36. The third-order valence-electron chi connectivity index (χ3n) is 9.08. The molecule has 46 heavy (non-hydrogen) atoms. The maximum atomic E-state index is 9.30. The van der Waals surface area contributed by atoms with Crippen molar-refractivity contribution < 1.29 is 10.0 Å². The average Bonchev–Trinajstić information content (AvgIpc) is 3.45. The van der Waals surface area contributed by atoms with Gasteiger partial charge in [-0.2, -0.15) is 0 Å². The van der Waals surface area contributed by atoms with E-state index in [1.165, 1.54) is 44.5 Å². The molecule has 0 aliphatic heterocycles. The first-order chi connectivity index (χ1) is 22.1. The van der Waals surface area contributed by atoms with E-state index in [0.717, 1.165) is 15.9 Å². The van der Waals surface area contributed by atoms with Gasteiger partial charge >= 0.3 is 7.12 Å². The van der Waals surface area contributed by atoms with E-state index in [1.54, 1.807) is 12.3 Å². The van der Waals surface area contributed by atoms with Crippen LogP contribution in [0.4, 0.5) is 0 Å². The fourth-order valence-corrected chi connectivity index (χ4v) is 6.89. The molecule has 0 amide bonds. The number of fused-ring (bicyclic) bond motifs is 6. The Morgan fingerprint density at radius 2 is 1.02 bits per heavy atom. The maximum absolute atomic E-state index is 9.30. The molecule has 228 valence electrons. The van der Waals surface area contributed by atoms with Gasteiger partial charge in [0, 0.05) is 28.8 Å². The second-order valence-electron chi connectivity index (χ2n) is 12.6. The van der Waals surface area contributed by atoms with Crippen LogP contribution in [0.3, 0.4) is 0 Å². The second-order valence-corrected chi connectivity index (χ2v) is 13.5. The van der Waals surface area contributed by atoms with Crippen molar-refractivity contribution in [2.24, 2.45) is 0 Å². The van der Waals surface area contributed by atoms with E-state index in [9.17, 15) is 10.0 Å². The molecule has 0 spiro atoms. The van der Waals surface area contributed by atoms with Gasteiger partial charge in [-0.3, -0.25) is 4.98 Å². The van der Waals surface area contributed by atoms with Crippen LogP contribution in [0.5, 0.6) is 0 Å². The van der Waals surface area contributed by atoms with Crippen molar-refractivity contribution in [2.75, 3.05) is 0 Å². The SMILES string of the molecule is Brc1ccccn1.CC1(C)c2ccccc2-c2ccc(-c3ccccn3)cc21.CC1(C)c2ccccc2-c2ccc(B(O)O)cc21. The lowest BCUT2D eigenvalue weighted by Crippen LogP contribution is -2.31. The van der Waals surface area contributed by atoms with Gasteiger partial charge in [0.25, 0.3) is 0 Å². The van der Waals surface area contributed by atoms with Gasteiger partial charge in [-0.05, 0) is 96.2 Å². The van der Waals surface area contributed by atoms with Crippen LogP contribution in [-0.4, -0.2) is 27.1 Å². The van der Waals surface area contributed by atoms with Crippen LogP contribution in [0.1, 0.15) is 49.9 Å². The van der Waals surface area contributed by atoms with Crippen LogP contribution in [0, 0.1) is 0 Å². The van der Waals surface area contributed by atoms with E-state index >= 15 is 0 Å². The van der Waals surface area contributed by atoms with Gasteiger partial charge < -0.3 is 10.0 Å². The lowest BCUT2D eigenvalue weighted by Gasteiger charge is -2.21. The fourth-order valence-electron chi connectivity index (χ4n) is 6.62. The van der Waals surface area contributed by atoms with Crippen LogP contribution in [0.2, 0.25) is 0 Å². The summed E-state index contributed by atoms with van der Waals surface area (Å²) in [6.45, 7) is 8.95. The first-order valence-corrected chi connectivity index (χ1v) is 16.2. The van der Waals surface area contributed by atoms with Crippen molar-refractivity contribution in [3.05, 3.63) is 161 Å². The minimum atomic E-state index is -1.41. The zero-order valence-electron chi connectivity index (χ0n) is 26.4. The predicted molar refractivity (Wildman–Crippen MR) is 193 cm³/mol. The number of nitrogens with zero attached hydrogens (tertiary/aromatic N) is 2. The van der Waals surface area contributed by atoms with Crippen LogP contribution in [-0.2, 0) is 10.8 Å². The Hall–Kier alpha value is -4.36. The highest BCUT2D eigenvalue weighted by atomic mass is 79.9. The smallest absolute Gasteiger partial charge is 0.423 e. The Labute approximate surface area is 280 Å². The molecule has 0 unspecified atom stereocenters. The number of hydrogen-bond donors (Lipinski definition) is 2. The molecule has 4 aromatic carbocycles. The van der Waals surface area contributed by atoms with E-state index in [-0.39, 0.29) is 10.8 Å². The van der Waals surface area contributed by atoms with Crippen LogP contribution < -0.4 is 5.46 Å². The first kappa shape index (κ1) is 31.6. The third-order valence-corrected chi connectivity index (χ3v) is 9.55. The molecule has 2 aliphatic rings. The van der Waals surface area contributed by atoms with E-state index in [2.05, 4.69) is 114 Å². The molecule has 4 nitrogen and oxygen atoms in total. The molecule has 2 N–H and O–H groups in total. The normalized spacial score (nSPS) is 13.9. The fraction of sp³-hybridized carbons (Fsp3) is 0.150. The van der Waals surface area contributed by atoms with Gasteiger partial charge in [0.05, 0.1) is 5.69 Å². The van der Waals surface area contributed by atoms with Crippen molar-refractivity contribution in [1.82, 2.24) is 9.97 Å². The molecule has 0 atom stereocenters. The van der Waals surface area contributed by atoms with Gasteiger partial charge in [0.2, 0.25) is 0 Å². The minimum absolute atomic E-state index is 0.0523. The van der Waals surface area contributed by atoms with E-state index in [0.29, 0.717) is 5.46 Å². The van der Waals surface area contributed by atoms with Crippen molar-refractivity contribution in [3.8, 4) is 33.5 Å². The zero-order valence-corrected chi connectivity index (χ0v) is 28.0. The van der Waals surface area contributed by atoms with E-state index in [4.69, 9.17) is 0 Å². The molecular formula is C40H36BBrN2O2. The van der Waals surface area contributed by atoms with Crippen molar-refractivity contribution in [1.29, 1.82) is 0 Å². The molecule has 6 aromatic rings. The molecule has 2 aliphatic carbocycles. The van der Waals surface area contributed by atoms with Crippen LogP contribution in [0.25, 0.3) is 33.5 Å². The van der Waals surface area contributed by atoms with Crippen molar-refractivity contribution in [3.63, 3.8) is 0 Å². The Kier molecular flexibility index (Phi) is 8.80. The molecule has 0 saturated heterocycles. The Bertz CT molecular complexity index is 1990. The number of pyridine rings is 2. The third kappa shape index (κ3) is 5.96. The summed E-state index contributed by atoms with van der Waals surface area (Å²) >= 11 is 3.20. The molecule has 6 heteroatoms. The number of rotatable bonds is 2. The summed E-state index contributed by atoms with van der Waals surface area (Å²) in [7, 11) is -1.41. The van der Waals surface area contributed by atoms with Crippen molar-refractivity contribution in [2.45, 2.75) is 38.5 Å². The summed E-state index contributed by atoms with van der Waals surface area (Å²) in [5.41, 5.74) is 13.2. The number of hydrogen-bond acceptors (Lipinski definition) is 4. The highest BCUT2D eigenvalue weighted by molar-refractivity contribution is 9.10. The summed E-state index contributed by atoms with van der Waals surface area (Å²) in [6, 6.07) is 41.2. The van der Waals surface area contributed by atoms with Crippen LogP contribution in [0.15, 0.2) is 138 Å². The van der Waals surface area contributed by atoms with Crippen molar-refractivity contribution >= 4 is 28.5 Å². The Balaban J connectivity index is 0.000000135. The van der Waals surface area contributed by atoms with Gasteiger partial charge in [0.1, 0.15) is 4.60 Å². The summed E-state index contributed by atoms with van der Waals surface area (Å²) in [5.74, 6) is 0. The first-order valence-electron chi connectivity index (χ1n) is 15.4. The molecule has 8 rings (SSSR count). The number of halogens is 1. The summed E-state index contributed by atoms with van der Waals surface area (Å²) in [6.07, 6.45) is 3.59. The topological polar surface area (TPSA) is 66.2 Å². The maximum Gasteiger partial charge on any atom is 0.488 e. The molecule has 0 fully saturated rings. The quantitative estimate of drug-likeness (QED) is 0.144. The van der Waals surface area contributed by atoms with Gasteiger partial charge in [-0.15, -0.1) is 0 Å². The summed E-state index contributed by atoms with van der Waals surface area (Å²) < 4.78 is 0.884.